The molecular formula is C26H32N2O3. The molecule has 5 nitrogen and oxygen atoms in total. The summed E-state index contributed by atoms with van der Waals surface area (Å²) >= 11 is 0. The molecule has 2 aromatic carbocycles. The van der Waals surface area contributed by atoms with Crippen molar-refractivity contribution in [2.45, 2.75) is 64.6 Å². The highest BCUT2D eigenvalue weighted by molar-refractivity contribution is 5.85. The van der Waals surface area contributed by atoms with Gasteiger partial charge in [-0.05, 0) is 43.0 Å². The van der Waals surface area contributed by atoms with E-state index in [1.54, 1.807) is 0 Å². The van der Waals surface area contributed by atoms with E-state index in [2.05, 4.69) is 17.6 Å². The number of ether oxygens (including phenoxy) is 1. The van der Waals surface area contributed by atoms with Crippen LogP contribution in [-0.4, -0.2) is 12.1 Å². The summed E-state index contributed by atoms with van der Waals surface area (Å²) in [5.74, 6) is 1.47. The molecule has 1 saturated carbocycles. The van der Waals surface area contributed by atoms with E-state index in [4.69, 9.17) is 9.15 Å². The summed E-state index contributed by atoms with van der Waals surface area (Å²) in [4.78, 5) is 12.4. The van der Waals surface area contributed by atoms with Crippen molar-refractivity contribution in [2.24, 2.45) is 5.92 Å². The van der Waals surface area contributed by atoms with E-state index in [1.807, 2.05) is 54.6 Å². The topological polar surface area (TPSA) is 63.5 Å². The highest BCUT2D eigenvalue weighted by Gasteiger charge is 2.17. The summed E-state index contributed by atoms with van der Waals surface area (Å²) in [6.45, 7) is 3.07. The number of benzene rings is 2. The SMILES string of the molecule is CC(CC1CCCCC1)NCc1ccccc1NC(=O)OCc1cc2ccccc2o1. The van der Waals surface area contributed by atoms with Gasteiger partial charge in [0.25, 0.3) is 0 Å². The van der Waals surface area contributed by atoms with Crippen molar-refractivity contribution in [1.29, 1.82) is 0 Å². The maximum Gasteiger partial charge on any atom is 0.412 e. The van der Waals surface area contributed by atoms with Gasteiger partial charge in [0.1, 0.15) is 11.3 Å². The van der Waals surface area contributed by atoms with Crippen molar-refractivity contribution in [3.05, 3.63) is 65.9 Å². The summed E-state index contributed by atoms with van der Waals surface area (Å²) in [5.41, 5.74) is 2.62. The lowest BCUT2D eigenvalue weighted by molar-refractivity contribution is 0.147. The summed E-state index contributed by atoms with van der Waals surface area (Å²) in [6, 6.07) is 18.0. The minimum absolute atomic E-state index is 0.0966. The van der Waals surface area contributed by atoms with Gasteiger partial charge < -0.3 is 14.5 Å². The van der Waals surface area contributed by atoms with Gasteiger partial charge >= 0.3 is 6.09 Å². The number of hydrogen-bond acceptors (Lipinski definition) is 4. The lowest BCUT2D eigenvalue weighted by atomic mass is 9.85. The molecule has 1 heterocycles. The van der Waals surface area contributed by atoms with E-state index >= 15 is 0 Å². The molecule has 0 radical (unpaired) electrons. The molecule has 0 saturated heterocycles. The van der Waals surface area contributed by atoms with Gasteiger partial charge in [0.2, 0.25) is 0 Å². The van der Waals surface area contributed by atoms with Gasteiger partial charge in [-0.25, -0.2) is 4.79 Å². The number of carbonyl (C=O) groups is 1. The molecule has 1 amide bonds. The Bertz CT molecular complexity index is 958. The quantitative estimate of drug-likeness (QED) is 0.429. The first-order chi connectivity index (χ1) is 15.2. The van der Waals surface area contributed by atoms with Gasteiger partial charge in [0.05, 0.1) is 0 Å². The predicted octanol–water partition coefficient (Wildman–Crippen LogP) is 6.63. The summed E-state index contributed by atoms with van der Waals surface area (Å²) < 4.78 is 11.1. The second-order valence-electron chi connectivity index (χ2n) is 8.63. The van der Waals surface area contributed by atoms with Crippen molar-refractivity contribution in [2.75, 3.05) is 5.32 Å². The van der Waals surface area contributed by atoms with Crippen LogP contribution in [0.1, 0.15) is 56.8 Å². The van der Waals surface area contributed by atoms with Crippen LogP contribution in [-0.2, 0) is 17.9 Å². The van der Waals surface area contributed by atoms with Gasteiger partial charge in [0, 0.05) is 23.7 Å². The van der Waals surface area contributed by atoms with E-state index in [0.29, 0.717) is 18.3 Å². The van der Waals surface area contributed by atoms with Crippen LogP contribution >= 0.6 is 0 Å². The number of rotatable bonds is 8. The third kappa shape index (κ3) is 6.11. The second kappa shape index (κ2) is 10.5. The predicted molar refractivity (Wildman–Crippen MR) is 124 cm³/mol. The Morgan fingerprint density at radius 1 is 1.10 bits per heavy atom. The van der Waals surface area contributed by atoms with Crippen molar-refractivity contribution >= 4 is 22.7 Å². The maximum atomic E-state index is 12.4. The third-order valence-corrected chi connectivity index (χ3v) is 6.13. The summed E-state index contributed by atoms with van der Waals surface area (Å²) in [6.07, 6.45) is 7.60. The molecule has 31 heavy (non-hydrogen) atoms. The number of fused-ring (bicyclic) bond motifs is 1. The highest BCUT2D eigenvalue weighted by Crippen LogP contribution is 2.27. The van der Waals surface area contributed by atoms with Crippen molar-refractivity contribution in [3.63, 3.8) is 0 Å². The number of anilines is 1. The Morgan fingerprint density at radius 3 is 2.71 bits per heavy atom. The average Bonchev–Trinajstić information content (AvgIpc) is 3.21. The number of carbonyl (C=O) groups excluding carboxylic acids is 1. The number of amides is 1. The fourth-order valence-electron chi connectivity index (χ4n) is 4.48. The number of furan rings is 1. The van der Waals surface area contributed by atoms with E-state index in [0.717, 1.165) is 28.1 Å². The van der Waals surface area contributed by atoms with Crippen LogP contribution in [0.4, 0.5) is 10.5 Å². The van der Waals surface area contributed by atoms with Gasteiger partial charge in [-0.15, -0.1) is 0 Å². The number of para-hydroxylation sites is 2. The Balaban J connectivity index is 1.27. The van der Waals surface area contributed by atoms with Crippen LogP contribution < -0.4 is 10.6 Å². The zero-order valence-corrected chi connectivity index (χ0v) is 18.2. The Kier molecular flexibility index (Phi) is 7.26. The summed E-state index contributed by atoms with van der Waals surface area (Å²) in [7, 11) is 0. The minimum atomic E-state index is -0.483. The molecule has 1 aliphatic carbocycles. The lowest BCUT2D eigenvalue weighted by Crippen LogP contribution is -2.29. The molecule has 1 unspecified atom stereocenters. The zero-order valence-electron chi connectivity index (χ0n) is 18.2. The highest BCUT2D eigenvalue weighted by atomic mass is 16.6. The molecule has 0 bridgehead atoms. The monoisotopic (exact) mass is 420 g/mol. The average molecular weight is 421 g/mol. The van der Waals surface area contributed by atoms with E-state index in [9.17, 15) is 4.79 Å². The van der Waals surface area contributed by atoms with E-state index in [1.165, 1.54) is 38.5 Å². The standard InChI is InChI=1S/C26H32N2O3/c1-19(15-20-9-3-2-4-10-20)27-17-22-12-5-7-13-24(22)28-26(29)30-18-23-16-21-11-6-8-14-25(21)31-23/h5-8,11-14,16,19-20,27H,2-4,9-10,15,17-18H2,1H3,(H,28,29). The van der Waals surface area contributed by atoms with Crippen molar-refractivity contribution in [1.82, 2.24) is 5.32 Å². The molecule has 3 aromatic rings. The Morgan fingerprint density at radius 2 is 1.87 bits per heavy atom. The van der Waals surface area contributed by atoms with Crippen LogP contribution in [0.5, 0.6) is 0 Å². The second-order valence-corrected chi connectivity index (χ2v) is 8.63. The molecule has 0 spiro atoms. The Hall–Kier alpha value is -2.79. The van der Waals surface area contributed by atoms with Crippen LogP contribution in [0, 0.1) is 5.92 Å². The van der Waals surface area contributed by atoms with Crippen LogP contribution in [0.15, 0.2) is 59.0 Å². The van der Waals surface area contributed by atoms with E-state index in [-0.39, 0.29) is 6.61 Å². The largest absolute Gasteiger partial charge is 0.457 e. The van der Waals surface area contributed by atoms with Gasteiger partial charge in [-0.3, -0.25) is 5.32 Å². The fraction of sp³-hybridized carbons (Fsp3) is 0.423. The van der Waals surface area contributed by atoms with Crippen molar-refractivity contribution < 1.29 is 13.9 Å². The lowest BCUT2D eigenvalue weighted by Gasteiger charge is -2.25. The molecular weight excluding hydrogens is 388 g/mol. The first-order valence-corrected chi connectivity index (χ1v) is 11.4. The maximum absolute atomic E-state index is 12.4. The minimum Gasteiger partial charge on any atom is -0.457 e. The first kappa shape index (κ1) is 21.4. The van der Waals surface area contributed by atoms with Gasteiger partial charge in [-0.1, -0.05) is 68.5 Å². The molecule has 5 heteroatoms. The molecule has 1 fully saturated rings. The van der Waals surface area contributed by atoms with Crippen molar-refractivity contribution in [3.8, 4) is 0 Å². The smallest absolute Gasteiger partial charge is 0.412 e. The van der Waals surface area contributed by atoms with Crippen LogP contribution in [0.25, 0.3) is 11.0 Å². The number of nitrogens with one attached hydrogen (secondary N) is 2. The van der Waals surface area contributed by atoms with Gasteiger partial charge in [-0.2, -0.15) is 0 Å². The third-order valence-electron chi connectivity index (χ3n) is 6.13. The molecule has 164 valence electrons. The number of hydrogen-bond donors (Lipinski definition) is 2. The van der Waals surface area contributed by atoms with Crippen LogP contribution in [0.2, 0.25) is 0 Å². The molecule has 1 aromatic heterocycles. The Labute approximate surface area is 184 Å². The van der Waals surface area contributed by atoms with Crippen LogP contribution in [0.3, 0.4) is 0 Å². The van der Waals surface area contributed by atoms with E-state index < -0.39 is 6.09 Å². The first-order valence-electron chi connectivity index (χ1n) is 11.4. The van der Waals surface area contributed by atoms with Gasteiger partial charge in [0.15, 0.2) is 6.61 Å². The molecule has 1 atom stereocenters. The fourth-order valence-corrected chi connectivity index (χ4v) is 4.48. The summed E-state index contributed by atoms with van der Waals surface area (Å²) in [5, 5.41) is 7.50. The molecule has 1 aliphatic rings. The zero-order chi connectivity index (χ0) is 21.5. The molecule has 2 N–H and O–H groups in total. The molecule has 0 aliphatic heterocycles. The molecule has 4 rings (SSSR count). The normalized spacial score (nSPS) is 15.6.